The summed E-state index contributed by atoms with van der Waals surface area (Å²) < 4.78 is 5.17. The Morgan fingerprint density at radius 1 is 1.22 bits per heavy atom. The minimum absolute atomic E-state index is 0.0259. The number of hydrogen-bond donors (Lipinski definition) is 1. The number of nitrogens with zero attached hydrogens (tertiary/aromatic N) is 2. The number of benzene rings is 1. The molecular formula is C12H7ClN2O2S. The van der Waals surface area contributed by atoms with E-state index in [2.05, 4.69) is 10.1 Å². The van der Waals surface area contributed by atoms with Crippen LogP contribution in [0, 0.1) is 0 Å². The standard InChI is InChI=1S/C12H7ClN2O2S/c13-9-5-7(1-2-10(9)16)12-14-11(15-17-12)8-3-4-18-6-8/h1-6,16H. The van der Waals surface area contributed by atoms with Crippen LogP contribution in [0.25, 0.3) is 22.8 Å². The minimum Gasteiger partial charge on any atom is -0.506 e. The highest BCUT2D eigenvalue weighted by molar-refractivity contribution is 7.08. The maximum absolute atomic E-state index is 9.35. The van der Waals surface area contributed by atoms with Gasteiger partial charge < -0.3 is 9.63 Å². The predicted octanol–water partition coefficient (Wildman–Crippen LogP) is 3.82. The Morgan fingerprint density at radius 3 is 2.83 bits per heavy atom. The maximum atomic E-state index is 9.35. The van der Waals surface area contributed by atoms with E-state index in [1.54, 1.807) is 23.5 Å². The molecule has 0 aliphatic rings. The summed E-state index contributed by atoms with van der Waals surface area (Å²) >= 11 is 7.40. The summed E-state index contributed by atoms with van der Waals surface area (Å²) in [6, 6.07) is 6.67. The molecule has 0 aliphatic heterocycles. The van der Waals surface area contributed by atoms with Crippen LogP contribution >= 0.6 is 22.9 Å². The third-order valence-corrected chi connectivity index (χ3v) is 3.39. The Labute approximate surface area is 111 Å². The van der Waals surface area contributed by atoms with Crippen LogP contribution in [0.4, 0.5) is 0 Å². The first-order chi connectivity index (χ1) is 8.74. The van der Waals surface area contributed by atoms with Crippen molar-refractivity contribution in [1.29, 1.82) is 0 Å². The van der Waals surface area contributed by atoms with Crippen LogP contribution in [0.3, 0.4) is 0 Å². The van der Waals surface area contributed by atoms with Crippen LogP contribution < -0.4 is 0 Å². The fraction of sp³-hybridized carbons (Fsp3) is 0. The Hall–Kier alpha value is -1.85. The molecule has 90 valence electrons. The second-order valence-corrected chi connectivity index (χ2v) is 4.79. The van der Waals surface area contributed by atoms with Gasteiger partial charge in [-0.05, 0) is 29.6 Å². The fourth-order valence-electron chi connectivity index (χ4n) is 1.49. The molecule has 3 rings (SSSR count). The van der Waals surface area contributed by atoms with Gasteiger partial charge >= 0.3 is 0 Å². The smallest absolute Gasteiger partial charge is 0.258 e. The summed E-state index contributed by atoms with van der Waals surface area (Å²) in [5.41, 5.74) is 1.59. The molecule has 2 aromatic heterocycles. The summed E-state index contributed by atoms with van der Waals surface area (Å²) in [4.78, 5) is 4.28. The molecule has 0 spiro atoms. The first kappa shape index (κ1) is 11.3. The number of hydrogen-bond acceptors (Lipinski definition) is 5. The molecule has 0 saturated heterocycles. The normalized spacial score (nSPS) is 10.7. The van der Waals surface area contributed by atoms with Gasteiger partial charge in [0.25, 0.3) is 5.89 Å². The van der Waals surface area contributed by atoms with Gasteiger partial charge in [-0.25, -0.2) is 0 Å². The van der Waals surface area contributed by atoms with E-state index in [1.165, 1.54) is 6.07 Å². The number of aromatic nitrogens is 2. The number of phenols is 1. The highest BCUT2D eigenvalue weighted by atomic mass is 35.5. The van der Waals surface area contributed by atoms with E-state index in [0.717, 1.165) is 5.56 Å². The second kappa shape index (κ2) is 4.44. The predicted molar refractivity (Wildman–Crippen MR) is 69.7 cm³/mol. The molecule has 0 aliphatic carbocycles. The van der Waals surface area contributed by atoms with E-state index < -0.39 is 0 Å². The number of phenolic OH excluding ortho intramolecular Hbond substituents is 1. The quantitative estimate of drug-likeness (QED) is 0.774. The highest BCUT2D eigenvalue weighted by Gasteiger charge is 2.12. The summed E-state index contributed by atoms with van der Waals surface area (Å²) in [7, 11) is 0. The lowest BCUT2D eigenvalue weighted by Gasteiger charge is -1.97. The molecule has 0 radical (unpaired) electrons. The van der Waals surface area contributed by atoms with Gasteiger partial charge in [0.1, 0.15) is 5.75 Å². The average molecular weight is 279 g/mol. The van der Waals surface area contributed by atoms with Crippen LogP contribution in [-0.2, 0) is 0 Å². The molecule has 18 heavy (non-hydrogen) atoms. The lowest BCUT2D eigenvalue weighted by atomic mass is 10.2. The van der Waals surface area contributed by atoms with Crippen molar-refractivity contribution in [3.05, 3.63) is 40.0 Å². The Morgan fingerprint density at radius 2 is 2.11 bits per heavy atom. The van der Waals surface area contributed by atoms with Gasteiger partial charge in [-0.15, -0.1) is 0 Å². The van der Waals surface area contributed by atoms with Crippen molar-refractivity contribution in [3.8, 4) is 28.6 Å². The topological polar surface area (TPSA) is 59.2 Å². The van der Waals surface area contributed by atoms with E-state index in [9.17, 15) is 5.11 Å². The zero-order chi connectivity index (χ0) is 12.5. The first-order valence-corrected chi connectivity index (χ1v) is 6.41. The number of rotatable bonds is 2. The SMILES string of the molecule is Oc1ccc(-c2nc(-c3ccsc3)no2)cc1Cl. The third-order valence-electron chi connectivity index (χ3n) is 2.40. The lowest BCUT2D eigenvalue weighted by Crippen LogP contribution is -1.79. The van der Waals surface area contributed by atoms with E-state index in [4.69, 9.17) is 16.1 Å². The Kier molecular flexibility index (Phi) is 2.77. The molecule has 0 bridgehead atoms. The van der Waals surface area contributed by atoms with Gasteiger partial charge in [0.15, 0.2) is 0 Å². The Balaban J connectivity index is 2.00. The maximum Gasteiger partial charge on any atom is 0.258 e. The summed E-state index contributed by atoms with van der Waals surface area (Å²) in [6.45, 7) is 0. The summed E-state index contributed by atoms with van der Waals surface area (Å²) in [5, 5.41) is 17.4. The molecule has 0 atom stereocenters. The molecule has 0 saturated carbocycles. The second-order valence-electron chi connectivity index (χ2n) is 3.60. The van der Waals surface area contributed by atoms with Crippen LogP contribution in [0.1, 0.15) is 0 Å². The van der Waals surface area contributed by atoms with E-state index in [0.29, 0.717) is 17.3 Å². The van der Waals surface area contributed by atoms with Gasteiger partial charge in [0, 0.05) is 16.5 Å². The van der Waals surface area contributed by atoms with Crippen molar-refractivity contribution in [2.75, 3.05) is 0 Å². The van der Waals surface area contributed by atoms with Gasteiger partial charge in [-0.3, -0.25) is 0 Å². The molecular weight excluding hydrogens is 272 g/mol. The van der Waals surface area contributed by atoms with Gasteiger partial charge in [-0.2, -0.15) is 16.3 Å². The largest absolute Gasteiger partial charge is 0.506 e. The van der Waals surface area contributed by atoms with Crippen LogP contribution in [0.2, 0.25) is 5.02 Å². The molecule has 3 aromatic rings. The molecule has 1 N–H and O–H groups in total. The zero-order valence-corrected chi connectivity index (χ0v) is 10.6. The van der Waals surface area contributed by atoms with Crippen LogP contribution in [0.15, 0.2) is 39.5 Å². The number of thiophene rings is 1. The van der Waals surface area contributed by atoms with E-state index in [-0.39, 0.29) is 10.8 Å². The van der Waals surface area contributed by atoms with E-state index in [1.807, 2.05) is 16.8 Å². The Bertz CT molecular complexity index is 679. The lowest BCUT2D eigenvalue weighted by molar-refractivity contribution is 0.432. The van der Waals surface area contributed by atoms with Crippen molar-refractivity contribution < 1.29 is 9.63 Å². The van der Waals surface area contributed by atoms with Crippen LogP contribution in [-0.4, -0.2) is 15.2 Å². The molecule has 0 unspecified atom stereocenters. The summed E-state index contributed by atoms with van der Waals surface area (Å²) in [6.07, 6.45) is 0. The number of halogens is 1. The molecule has 0 fully saturated rings. The third kappa shape index (κ3) is 1.98. The van der Waals surface area contributed by atoms with Crippen molar-refractivity contribution in [3.63, 3.8) is 0 Å². The molecule has 2 heterocycles. The summed E-state index contributed by atoms with van der Waals surface area (Å²) in [5.74, 6) is 0.937. The average Bonchev–Trinajstić information content (AvgIpc) is 3.01. The van der Waals surface area contributed by atoms with Gasteiger partial charge in [-0.1, -0.05) is 16.8 Å². The van der Waals surface area contributed by atoms with Crippen LogP contribution in [0.5, 0.6) is 5.75 Å². The fourth-order valence-corrected chi connectivity index (χ4v) is 2.30. The minimum atomic E-state index is 0.0259. The number of aromatic hydroxyl groups is 1. The first-order valence-electron chi connectivity index (χ1n) is 5.09. The van der Waals surface area contributed by atoms with Crippen molar-refractivity contribution >= 4 is 22.9 Å². The van der Waals surface area contributed by atoms with Gasteiger partial charge in [0.05, 0.1) is 5.02 Å². The molecule has 4 nitrogen and oxygen atoms in total. The molecule has 1 aromatic carbocycles. The highest BCUT2D eigenvalue weighted by Crippen LogP contribution is 2.29. The molecule has 6 heteroatoms. The monoisotopic (exact) mass is 278 g/mol. The van der Waals surface area contributed by atoms with Crippen molar-refractivity contribution in [2.45, 2.75) is 0 Å². The van der Waals surface area contributed by atoms with Gasteiger partial charge in [0.2, 0.25) is 5.82 Å². The van der Waals surface area contributed by atoms with E-state index >= 15 is 0 Å². The zero-order valence-electron chi connectivity index (χ0n) is 9.00. The van der Waals surface area contributed by atoms with Crippen molar-refractivity contribution in [1.82, 2.24) is 10.1 Å². The van der Waals surface area contributed by atoms with Crippen molar-refractivity contribution in [2.24, 2.45) is 0 Å². The molecule has 0 amide bonds.